The summed E-state index contributed by atoms with van der Waals surface area (Å²) in [4.78, 5) is 32.0. The van der Waals surface area contributed by atoms with Gasteiger partial charge in [-0.25, -0.2) is 0 Å². The van der Waals surface area contributed by atoms with E-state index in [-0.39, 0.29) is 11.3 Å². The number of aliphatic hydroxyl groups is 1. The van der Waals surface area contributed by atoms with Crippen LogP contribution in [-0.2, 0) is 9.59 Å². The van der Waals surface area contributed by atoms with Crippen LogP contribution in [0, 0.1) is 13.8 Å². The van der Waals surface area contributed by atoms with E-state index in [4.69, 9.17) is 4.74 Å². The fraction of sp³-hybridized carbons (Fsp3) is 0.160. The smallest absolute Gasteiger partial charge is 0.300 e. The van der Waals surface area contributed by atoms with Gasteiger partial charge in [-0.3, -0.25) is 19.5 Å². The summed E-state index contributed by atoms with van der Waals surface area (Å²) in [5.74, 6) is -1.31. The van der Waals surface area contributed by atoms with Crippen LogP contribution in [0.1, 0.15) is 28.4 Å². The van der Waals surface area contributed by atoms with E-state index in [1.165, 1.54) is 12.0 Å². The average Bonchev–Trinajstić information content (AvgIpc) is 3.04. The highest BCUT2D eigenvalue weighted by molar-refractivity contribution is 6.51. The van der Waals surface area contributed by atoms with Crippen molar-refractivity contribution >= 4 is 23.1 Å². The Morgan fingerprint density at radius 1 is 1.03 bits per heavy atom. The molecule has 1 aromatic heterocycles. The Labute approximate surface area is 180 Å². The van der Waals surface area contributed by atoms with Crippen molar-refractivity contribution in [3.8, 4) is 5.75 Å². The van der Waals surface area contributed by atoms with Gasteiger partial charge < -0.3 is 9.84 Å². The van der Waals surface area contributed by atoms with Crippen LogP contribution in [0.2, 0.25) is 0 Å². The van der Waals surface area contributed by atoms with Crippen molar-refractivity contribution in [2.24, 2.45) is 0 Å². The van der Waals surface area contributed by atoms with E-state index in [9.17, 15) is 14.7 Å². The molecule has 2 heterocycles. The SMILES string of the molecule is COc1c(C)cc(C)cc1/C(O)=C1\C(=O)C(=O)N(c2ccccc2)C1c1ccccn1. The molecule has 1 unspecified atom stereocenters. The fourth-order valence-electron chi connectivity index (χ4n) is 4.05. The lowest BCUT2D eigenvalue weighted by atomic mass is 9.95. The topological polar surface area (TPSA) is 79.7 Å². The zero-order valence-corrected chi connectivity index (χ0v) is 17.5. The lowest BCUT2D eigenvalue weighted by molar-refractivity contribution is -0.132. The van der Waals surface area contributed by atoms with Crippen molar-refractivity contribution in [1.82, 2.24) is 4.98 Å². The summed E-state index contributed by atoms with van der Waals surface area (Å²) in [5.41, 5.74) is 3.09. The summed E-state index contributed by atoms with van der Waals surface area (Å²) in [6.07, 6.45) is 1.60. The number of carbonyl (C=O) groups is 2. The molecule has 6 nitrogen and oxygen atoms in total. The molecule has 1 saturated heterocycles. The lowest BCUT2D eigenvalue weighted by Crippen LogP contribution is -2.29. The first-order chi connectivity index (χ1) is 14.9. The van der Waals surface area contributed by atoms with Gasteiger partial charge >= 0.3 is 0 Å². The molecule has 1 aliphatic heterocycles. The van der Waals surface area contributed by atoms with Crippen LogP contribution in [0.5, 0.6) is 5.75 Å². The molecule has 1 atom stereocenters. The molecular weight excluding hydrogens is 392 g/mol. The molecule has 1 fully saturated rings. The second-order valence-corrected chi connectivity index (χ2v) is 7.42. The predicted molar refractivity (Wildman–Crippen MR) is 118 cm³/mol. The summed E-state index contributed by atoms with van der Waals surface area (Å²) in [7, 11) is 1.51. The number of aliphatic hydroxyl groups excluding tert-OH is 1. The zero-order chi connectivity index (χ0) is 22.1. The monoisotopic (exact) mass is 414 g/mol. The molecule has 4 rings (SSSR count). The molecule has 1 aliphatic rings. The van der Waals surface area contributed by atoms with Crippen LogP contribution in [0.15, 0.2) is 72.4 Å². The molecule has 0 spiro atoms. The highest BCUT2D eigenvalue weighted by atomic mass is 16.5. The summed E-state index contributed by atoms with van der Waals surface area (Å²) >= 11 is 0. The van der Waals surface area contributed by atoms with Crippen LogP contribution in [-0.4, -0.2) is 28.9 Å². The average molecular weight is 414 g/mol. The third-order valence-electron chi connectivity index (χ3n) is 5.32. The summed E-state index contributed by atoms with van der Waals surface area (Å²) < 4.78 is 5.51. The molecule has 0 saturated carbocycles. The Kier molecular flexibility index (Phi) is 5.29. The summed E-state index contributed by atoms with van der Waals surface area (Å²) in [6.45, 7) is 3.75. The van der Waals surface area contributed by atoms with Crippen LogP contribution in [0.25, 0.3) is 5.76 Å². The van der Waals surface area contributed by atoms with Crippen LogP contribution in [0.3, 0.4) is 0 Å². The highest BCUT2D eigenvalue weighted by Crippen LogP contribution is 2.43. The lowest BCUT2D eigenvalue weighted by Gasteiger charge is -2.24. The fourth-order valence-corrected chi connectivity index (χ4v) is 4.05. The van der Waals surface area contributed by atoms with E-state index in [1.54, 1.807) is 54.7 Å². The van der Waals surface area contributed by atoms with E-state index >= 15 is 0 Å². The van der Waals surface area contributed by atoms with Gasteiger partial charge in [0.1, 0.15) is 17.6 Å². The van der Waals surface area contributed by atoms with Gasteiger partial charge in [0.25, 0.3) is 11.7 Å². The normalized spacial score (nSPS) is 17.8. The number of hydrogen-bond donors (Lipinski definition) is 1. The number of Topliss-reactive ketones (excluding diaryl/α,β-unsaturated/α-hetero) is 1. The predicted octanol–water partition coefficient (Wildman–Crippen LogP) is 4.33. The second kappa shape index (κ2) is 8.07. The number of pyridine rings is 1. The first-order valence-corrected chi connectivity index (χ1v) is 9.86. The van der Waals surface area contributed by atoms with Crippen LogP contribution in [0.4, 0.5) is 5.69 Å². The zero-order valence-electron chi connectivity index (χ0n) is 17.5. The third-order valence-corrected chi connectivity index (χ3v) is 5.32. The van der Waals surface area contributed by atoms with Crippen molar-refractivity contribution < 1.29 is 19.4 Å². The molecule has 1 amide bonds. The molecule has 156 valence electrons. The number of aryl methyl sites for hydroxylation is 2. The van der Waals surface area contributed by atoms with Gasteiger partial charge in [0.2, 0.25) is 0 Å². The number of nitrogens with zero attached hydrogens (tertiary/aromatic N) is 2. The summed E-state index contributed by atoms with van der Waals surface area (Å²) in [5, 5.41) is 11.3. The number of benzene rings is 2. The maximum atomic E-state index is 13.2. The Bertz CT molecular complexity index is 1190. The number of para-hydroxylation sites is 1. The standard InChI is InChI=1S/C25H22N2O4/c1-15-13-16(2)24(31-3)18(14-15)22(28)20-21(19-11-7-8-12-26-19)27(25(30)23(20)29)17-9-5-4-6-10-17/h4-14,21,28H,1-3H3/b22-20+. The van der Waals surface area contributed by atoms with Gasteiger partial charge in [-0.1, -0.05) is 30.3 Å². The van der Waals surface area contributed by atoms with Gasteiger partial charge in [0.05, 0.1) is 23.9 Å². The number of ketones is 1. The molecule has 3 aromatic rings. The Hall–Kier alpha value is -3.93. The molecule has 1 N–H and O–H groups in total. The minimum atomic E-state index is -0.867. The number of anilines is 1. The summed E-state index contributed by atoms with van der Waals surface area (Å²) in [6, 6.07) is 17.0. The quantitative estimate of drug-likeness (QED) is 0.390. The maximum absolute atomic E-state index is 13.2. The number of aromatic nitrogens is 1. The van der Waals surface area contributed by atoms with Crippen molar-refractivity contribution in [3.63, 3.8) is 0 Å². The van der Waals surface area contributed by atoms with Crippen molar-refractivity contribution in [3.05, 3.63) is 94.8 Å². The molecule has 31 heavy (non-hydrogen) atoms. The molecule has 0 bridgehead atoms. The van der Waals surface area contributed by atoms with E-state index in [0.717, 1.165) is 11.1 Å². The van der Waals surface area contributed by atoms with E-state index in [0.29, 0.717) is 22.7 Å². The third kappa shape index (κ3) is 3.46. The van der Waals surface area contributed by atoms with E-state index in [2.05, 4.69) is 4.98 Å². The van der Waals surface area contributed by atoms with Crippen LogP contribution >= 0.6 is 0 Å². The van der Waals surface area contributed by atoms with E-state index in [1.807, 2.05) is 26.0 Å². The number of ether oxygens (including phenoxy) is 1. The van der Waals surface area contributed by atoms with E-state index < -0.39 is 17.7 Å². The molecule has 6 heteroatoms. The maximum Gasteiger partial charge on any atom is 0.300 e. The van der Waals surface area contributed by atoms with Crippen molar-refractivity contribution in [2.75, 3.05) is 12.0 Å². The highest BCUT2D eigenvalue weighted by Gasteiger charge is 2.47. The Morgan fingerprint density at radius 2 is 1.74 bits per heavy atom. The minimum Gasteiger partial charge on any atom is -0.507 e. The van der Waals surface area contributed by atoms with Crippen molar-refractivity contribution in [1.29, 1.82) is 0 Å². The first-order valence-electron chi connectivity index (χ1n) is 9.86. The Morgan fingerprint density at radius 3 is 2.39 bits per heavy atom. The minimum absolute atomic E-state index is 0.0177. The van der Waals surface area contributed by atoms with Gasteiger partial charge in [0.15, 0.2) is 0 Å². The molecule has 0 aliphatic carbocycles. The number of rotatable bonds is 4. The number of carbonyl (C=O) groups excluding carboxylic acids is 2. The number of amides is 1. The van der Waals surface area contributed by atoms with Gasteiger partial charge in [-0.15, -0.1) is 0 Å². The number of methoxy groups -OCH3 is 1. The Balaban J connectivity index is 2.00. The molecular formula is C25H22N2O4. The van der Waals surface area contributed by atoms with Gasteiger partial charge in [-0.05, 0) is 55.3 Å². The second-order valence-electron chi connectivity index (χ2n) is 7.42. The van der Waals surface area contributed by atoms with Crippen molar-refractivity contribution in [2.45, 2.75) is 19.9 Å². The molecule has 2 aromatic carbocycles. The first kappa shape index (κ1) is 20.3. The van der Waals surface area contributed by atoms with Gasteiger partial charge in [-0.2, -0.15) is 0 Å². The largest absolute Gasteiger partial charge is 0.507 e. The van der Waals surface area contributed by atoms with Crippen LogP contribution < -0.4 is 9.64 Å². The number of hydrogen-bond acceptors (Lipinski definition) is 5. The van der Waals surface area contributed by atoms with Gasteiger partial charge in [0, 0.05) is 11.9 Å². The molecule has 0 radical (unpaired) electrons.